The number of aromatic amines is 1. The Hall–Kier alpha value is -3.00. The predicted molar refractivity (Wildman–Crippen MR) is 108 cm³/mol. The molecule has 0 saturated carbocycles. The molecule has 9 heteroatoms. The Bertz CT molecular complexity index is 1040. The molecule has 1 fully saturated rings. The fourth-order valence-corrected chi connectivity index (χ4v) is 3.64. The second-order valence-electron chi connectivity index (χ2n) is 7.13. The summed E-state index contributed by atoms with van der Waals surface area (Å²) in [7, 11) is 0. The number of halogens is 2. The monoisotopic (exact) mass is 414 g/mol. The van der Waals surface area contributed by atoms with Crippen molar-refractivity contribution in [2.45, 2.75) is 19.8 Å². The van der Waals surface area contributed by atoms with Crippen molar-refractivity contribution < 1.29 is 9.18 Å². The topological polar surface area (TPSA) is 86.8 Å². The van der Waals surface area contributed by atoms with Crippen molar-refractivity contribution in [2.24, 2.45) is 5.92 Å². The lowest BCUT2D eigenvalue weighted by Gasteiger charge is -2.17. The Kier molecular flexibility index (Phi) is 5.44. The van der Waals surface area contributed by atoms with Crippen molar-refractivity contribution in [1.29, 1.82) is 0 Å². The molecule has 2 aromatic heterocycles. The molecule has 1 aliphatic rings. The Labute approximate surface area is 172 Å². The highest BCUT2D eigenvalue weighted by atomic mass is 35.5. The van der Waals surface area contributed by atoms with Gasteiger partial charge >= 0.3 is 0 Å². The first-order valence-corrected chi connectivity index (χ1v) is 9.71. The summed E-state index contributed by atoms with van der Waals surface area (Å²) >= 11 is 5.80. The highest BCUT2D eigenvalue weighted by molar-refractivity contribution is 6.31. The molecule has 7 nitrogen and oxygen atoms in total. The van der Waals surface area contributed by atoms with Gasteiger partial charge in [-0.05, 0) is 37.5 Å². The third-order valence-electron chi connectivity index (χ3n) is 4.89. The maximum atomic E-state index is 14.2. The average molecular weight is 415 g/mol. The van der Waals surface area contributed by atoms with E-state index in [1.165, 1.54) is 12.1 Å². The SMILES string of the molecule is Cc1cc(Nc2ccnc(C[C@@H]3CCN(C(=O)c4cccc(Cl)c4F)C3)n2)n[nH]1. The zero-order valence-corrected chi connectivity index (χ0v) is 16.6. The van der Waals surface area contributed by atoms with Crippen LogP contribution in [0.3, 0.4) is 0 Å². The summed E-state index contributed by atoms with van der Waals surface area (Å²) in [6, 6.07) is 8.14. The minimum atomic E-state index is -0.668. The predicted octanol–water partition coefficient (Wildman–Crippen LogP) is 3.75. The molecule has 1 saturated heterocycles. The van der Waals surface area contributed by atoms with E-state index < -0.39 is 5.82 Å². The van der Waals surface area contributed by atoms with Crippen molar-refractivity contribution >= 4 is 29.1 Å². The number of amides is 1. The quantitative estimate of drug-likeness (QED) is 0.664. The number of hydrogen-bond acceptors (Lipinski definition) is 5. The summed E-state index contributed by atoms with van der Waals surface area (Å²) in [5.41, 5.74) is 0.962. The van der Waals surface area contributed by atoms with Gasteiger partial charge in [0.2, 0.25) is 0 Å². The highest BCUT2D eigenvalue weighted by Crippen LogP contribution is 2.25. The van der Waals surface area contributed by atoms with Crippen LogP contribution in [0, 0.1) is 18.7 Å². The van der Waals surface area contributed by atoms with Crippen LogP contribution in [0.15, 0.2) is 36.5 Å². The summed E-state index contributed by atoms with van der Waals surface area (Å²) in [5.74, 6) is 1.25. The standard InChI is InChI=1S/C20H20ClFN6O/c1-12-9-18(27-26-12)25-16-5-7-23-17(24-16)10-13-6-8-28(11-13)20(29)14-3-2-4-15(21)19(14)22/h2-5,7,9,13H,6,8,10-11H2,1H3,(H2,23,24,25,26,27)/t13-/m0/s1. The van der Waals surface area contributed by atoms with Crippen molar-refractivity contribution in [1.82, 2.24) is 25.1 Å². The molecule has 0 bridgehead atoms. The van der Waals surface area contributed by atoms with Gasteiger partial charge in [-0.25, -0.2) is 14.4 Å². The van der Waals surface area contributed by atoms with E-state index in [4.69, 9.17) is 11.6 Å². The van der Waals surface area contributed by atoms with Gasteiger partial charge in [0.05, 0.1) is 10.6 Å². The molecule has 1 atom stereocenters. The number of hydrogen-bond donors (Lipinski definition) is 2. The number of nitrogens with zero attached hydrogens (tertiary/aromatic N) is 4. The van der Waals surface area contributed by atoms with Gasteiger partial charge in [-0.3, -0.25) is 9.89 Å². The number of H-pyrrole nitrogens is 1. The molecular formula is C20H20ClFN6O. The lowest BCUT2D eigenvalue weighted by molar-refractivity contribution is 0.0782. The molecular weight excluding hydrogens is 395 g/mol. The summed E-state index contributed by atoms with van der Waals surface area (Å²) in [4.78, 5) is 23.2. The van der Waals surface area contributed by atoms with Crippen LogP contribution in [-0.4, -0.2) is 44.1 Å². The van der Waals surface area contributed by atoms with Gasteiger partial charge in [-0.2, -0.15) is 5.10 Å². The highest BCUT2D eigenvalue weighted by Gasteiger charge is 2.29. The lowest BCUT2D eigenvalue weighted by atomic mass is 10.0. The molecule has 1 aromatic carbocycles. The van der Waals surface area contributed by atoms with Crippen LogP contribution in [0.1, 0.15) is 28.3 Å². The Morgan fingerprint density at radius 1 is 1.38 bits per heavy atom. The fourth-order valence-electron chi connectivity index (χ4n) is 3.46. The third kappa shape index (κ3) is 4.37. The summed E-state index contributed by atoms with van der Waals surface area (Å²) in [6.07, 6.45) is 3.15. The number of benzene rings is 1. The van der Waals surface area contributed by atoms with Crippen LogP contribution in [0.2, 0.25) is 5.02 Å². The Morgan fingerprint density at radius 3 is 3.03 bits per heavy atom. The smallest absolute Gasteiger partial charge is 0.256 e. The first-order valence-electron chi connectivity index (χ1n) is 9.34. The largest absolute Gasteiger partial charge is 0.338 e. The van der Waals surface area contributed by atoms with E-state index in [1.807, 2.05) is 13.0 Å². The minimum absolute atomic E-state index is 0.00916. The molecule has 1 amide bonds. The summed E-state index contributed by atoms with van der Waals surface area (Å²) in [5, 5.41) is 10.1. The molecule has 0 aliphatic carbocycles. The zero-order chi connectivity index (χ0) is 20.4. The molecule has 150 valence electrons. The number of aryl methyl sites for hydroxylation is 1. The van der Waals surface area contributed by atoms with Gasteiger partial charge in [0.25, 0.3) is 5.91 Å². The molecule has 0 spiro atoms. The van der Waals surface area contributed by atoms with Crippen LogP contribution < -0.4 is 5.32 Å². The second-order valence-corrected chi connectivity index (χ2v) is 7.54. The number of rotatable bonds is 5. The molecule has 3 aromatic rings. The van der Waals surface area contributed by atoms with Crippen molar-refractivity contribution in [2.75, 3.05) is 18.4 Å². The number of nitrogens with one attached hydrogen (secondary N) is 2. The first-order chi connectivity index (χ1) is 14.0. The van der Waals surface area contributed by atoms with Crippen LogP contribution in [0.25, 0.3) is 0 Å². The van der Waals surface area contributed by atoms with E-state index in [9.17, 15) is 9.18 Å². The van der Waals surface area contributed by atoms with Crippen LogP contribution in [-0.2, 0) is 6.42 Å². The minimum Gasteiger partial charge on any atom is -0.338 e. The van der Waals surface area contributed by atoms with E-state index in [0.717, 1.165) is 12.1 Å². The normalized spacial score (nSPS) is 16.2. The fraction of sp³-hybridized carbons (Fsp3) is 0.300. The summed E-state index contributed by atoms with van der Waals surface area (Å²) < 4.78 is 14.2. The van der Waals surface area contributed by atoms with E-state index in [1.54, 1.807) is 23.2 Å². The van der Waals surface area contributed by atoms with Gasteiger partial charge in [-0.1, -0.05) is 17.7 Å². The Morgan fingerprint density at radius 2 is 2.24 bits per heavy atom. The van der Waals surface area contributed by atoms with E-state index in [-0.39, 0.29) is 22.4 Å². The van der Waals surface area contributed by atoms with E-state index >= 15 is 0 Å². The average Bonchev–Trinajstić information content (AvgIpc) is 3.33. The Balaban J connectivity index is 1.39. The lowest BCUT2D eigenvalue weighted by Crippen LogP contribution is -2.29. The number of carbonyl (C=O) groups is 1. The maximum absolute atomic E-state index is 14.2. The third-order valence-corrected chi connectivity index (χ3v) is 5.19. The van der Waals surface area contributed by atoms with Gasteiger partial charge in [0.15, 0.2) is 11.6 Å². The van der Waals surface area contributed by atoms with E-state index in [0.29, 0.717) is 37.0 Å². The van der Waals surface area contributed by atoms with Crippen LogP contribution >= 0.6 is 11.6 Å². The van der Waals surface area contributed by atoms with Gasteiger partial charge in [-0.15, -0.1) is 0 Å². The van der Waals surface area contributed by atoms with Crippen molar-refractivity contribution in [3.8, 4) is 0 Å². The molecule has 1 aliphatic heterocycles. The number of carbonyl (C=O) groups excluding carboxylic acids is 1. The first kappa shape index (κ1) is 19.3. The number of aromatic nitrogens is 4. The maximum Gasteiger partial charge on any atom is 0.256 e. The number of anilines is 2. The molecule has 29 heavy (non-hydrogen) atoms. The van der Waals surface area contributed by atoms with Gasteiger partial charge in [0, 0.05) is 37.5 Å². The second kappa shape index (κ2) is 8.16. The van der Waals surface area contributed by atoms with Crippen LogP contribution in [0.4, 0.5) is 16.0 Å². The van der Waals surface area contributed by atoms with Crippen LogP contribution in [0.5, 0.6) is 0 Å². The van der Waals surface area contributed by atoms with Crippen molar-refractivity contribution in [3.63, 3.8) is 0 Å². The molecule has 2 N–H and O–H groups in total. The summed E-state index contributed by atoms with van der Waals surface area (Å²) in [6.45, 7) is 3.02. The molecule has 0 radical (unpaired) electrons. The van der Waals surface area contributed by atoms with Gasteiger partial charge < -0.3 is 10.2 Å². The van der Waals surface area contributed by atoms with Crippen molar-refractivity contribution in [3.05, 3.63) is 64.5 Å². The number of likely N-dealkylation sites (tertiary alicyclic amines) is 1. The molecule has 4 rings (SSSR count). The molecule has 3 heterocycles. The van der Waals surface area contributed by atoms with Gasteiger partial charge in [0.1, 0.15) is 11.6 Å². The van der Waals surface area contributed by atoms with E-state index in [2.05, 4.69) is 25.5 Å². The zero-order valence-electron chi connectivity index (χ0n) is 15.8. The molecule has 0 unspecified atom stereocenters.